The van der Waals surface area contributed by atoms with Crippen LogP contribution in [0.5, 0.6) is 0 Å². The van der Waals surface area contributed by atoms with Gasteiger partial charge in [-0.1, -0.05) is 26.0 Å². The molecule has 0 aliphatic carbocycles. The number of para-hydroxylation sites is 1. The first-order chi connectivity index (χ1) is 8.72. The standard InChI is InChI=1S/C14H16FN3/c1-3-10(2)11-6-4-7-12(15)13(11)18-14-16-8-5-9-17-14/h4-10H,3H2,1-2H3,(H,16,17,18). The number of anilines is 2. The molecule has 0 aliphatic heterocycles. The summed E-state index contributed by atoms with van der Waals surface area (Å²) in [7, 11) is 0. The van der Waals surface area contributed by atoms with E-state index in [1.54, 1.807) is 24.5 Å². The number of halogens is 1. The highest BCUT2D eigenvalue weighted by Crippen LogP contribution is 2.30. The SMILES string of the molecule is CCC(C)c1cccc(F)c1Nc1ncccn1. The van der Waals surface area contributed by atoms with Gasteiger partial charge < -0.3 is 5.32 Å². The lowest BCUT2D eigenvalue weighted by Crippen LogP contribution is -2.04. The molecule has 0 aliphatic rings. The third kappa shape index (κ3) is 2.64. The van der Waals surface area contributed by atoms with Crippen molar-refractivity contribution in [3.05, 3.63) is 48.0 Å². The summed E-state index contributed by atoms with van der Waals surface area (Å²) < 4.78 is 13.9. The first-order valence-electron chi connectivity index (χ1n) is 6.04. The van der Waals surface area contributed by atoms with Crippen molar-refractivity contribution in [2.45, 2.75) is 26.2 Å². The van der Waals surface area contributed by atoms with E-state index in [-0.39, 0.29) is 11.7 Å². The fourth-order valence-corrected chi connectivity index (χ4v) is 1.78. The molecule has 0 amide bonds. The highest BCUT2D eigenvalue weighted by Gasteiger charge is 2.13. The maximum Gasteiger partial charge on any atom is 0.227 e. The lowest BCUT2D eigenvalue weighted by atomic mass is 9.96. The van der Waals surface area contributed by atoms with Gasteiger partial charge in [-0.2, -0.15) is 0 Å². The van der Waals surface area contributed by atoms with Crippen LogP contribution in [-0.4, -0.2) is 9.97 Å². The Labute approximate surface area is 106 Å². The third-order valence-corrected chi connectivity index (χ3v) is 2.99. The molecule has 1 aromatic carbocycles. The summed E-state index contributed by atoms with van der Waals surface area (Å²) in [4.78, 5) is 8.11. The van der Waals surface area contributed by atoms with Crippen LogP contribution in [0.2, 0.25) is 0 Å². The number of hydrogen-bond acceptors (Lipinski definition) is 3. The molecular formula is C14H16FN3. The fraction of sp³-hybridized carbons (Fsp3) is 0.286. The number of nitrogens with zero attached hydrogens (tertiary/aromatic N) is 2. The molecule has 0 saturated heterocycles. The summed E-state index contributed by atoms with van der Waals surface area (Å²) in [6.07, 6.45) is 4.20. The van der Waals surface area contributed by atoms with Crippen LogP contribution in [-0.2, 0) is 0 Å². The van der Waals surface area contributed by atoms with Gasteiger partial charge in [0.25, 0.3) is 0 Å². The number of rotatable bonds is 4. The lowest BCUT2D eigenvalue weighted by Gasteiger charge is -2.16. The normalized spacial score (nSPS) is 12.2. The average molecular weight is 245 g/mol. The van der Waals surface area contributed by atoms with Gasteiger partial charge >= 0.3 is 0 Å². The van der Waals surface area contributed by atoms with Gasteiger partial charge in [0.05, 0.1) is 5.69 Å². The Kier molecular flexibility index (Phi) is 3.87. The Morgan fingerprint density at radius 2 is 1.94 bits per heavy atom. The minimum absolute atomic E-state index is 0.278. The van der Waals surface area contributed by atoms with E-state index in [4.69, 9.17) is 0 Å². The van der Waals surface area contributed by atoms with Crippen molar-refractivity contribution >= 4 is 11.6 Å². The largest absolute Gasteiger partial charge is 0.321 e. The van der Waals surface area contributed by atoms with Crippen LogP contribution in [0.25, 0.3) is 0 Å². The molecule has 1 atom stereocenters. The molecular weight excluding hydrogens is 229 g/mol. The summed E-state index contributed by atoms with van der Waals surface area (Å²) >= 11 is 0. The highest BCUT2D eigenvalue weighted by molar-refractivity contribution is 5.60. The molecule has 1 aromatic heterocycles. The zero-order valence-electron chi connectivity index (χ0n) is 10.5. The van der Waals surface area contributed by atoms with E-state index in [1.165, 1.54) is 6.07 Å². The van der Waals surface area contributed by atoms with Crippen LogP contribution in [0.1, 0.15) is 31.7 Å². The molecule has 2 aromatic rings. The summed E-state index contributed by atoms with van der Waals surface area (Å²) in [5.74, 6) is 0.416. The first kappa shape index (κ1) is 12.5. The molecule has 0 fully saturated rings. The third-order valence-electron chi connectivity index (χ3n) is 2.99. The van der Waals surface area contributed by atoms with Gasteiger partial charge in [-0.25, -0.2) is 14.4 Å². The highest BCUT2D eigenvalue weighted by atomic mass is 19.1. The van der Waals surface area contributed by atoms with E-state index >= 15 is 0 Å². The minimum atomic E-state index is -0.278. The molecule has 0 bridgehead atoms. The van der Waals surface area contributed by atoms with Gasteiger partial charge in [-0.15, -0.1) is 0 Å². The molecule has 1 heterocycles. The molecule has 94 valence electrons. The van der Waals surface area contributed by atoms with Crippen LogP contribution in [0.3, 0.4) is 0 Å². The average Bonchev–Trinajstić information content (AvgIpc) is 2.41. The van der Waals surface area contributed by atoms with Crippen LogP contribution in [0, 0.1) is 5.82 Å². The van der Waals surface area contributed by atoms with E-state index < -0.39 is 0 Å². The molecule has 18 heavy (non-hydrogen) atoms. The summed E-state index contributed by atoms with van der Waals surface area (Å²) in [5, 5.41) is 2.96. The van der Waals surface area contributed by atoms with Gasteiger partial charge in [-0.05, 0) is 30.0 Å². The Morgan fingerprint density at radius 3 is 2.61 bits per heavy atom. The maximum atomic E-state index is 13.9. The molecule has 0 spiro atoms. The number of benzene rings is 1. The van der Waals surface area contributed by atoms with Gasteiger partial charge in [-0.3, -0.25) is 0 Å². The number of nitrogens with one attached hydrogen (secondary N) is 1. The minimum Gasteiger partial charge on any atom is -0.321 e. The Hall–Kier alpha value is -1.97. The van der Waals surface area contributed by atoms with Gasteiger partial charge in [0.2, 0.25) is 5.95 Å². The monoisotopic (exact) mass is 245 g/mol. The number of aromatic nitrogens is 2. The van der Waals surface area contributed by atoms with E-state index in [0.717, 1.165) is 12.0 Å². The Morgan fingerprint density at radius 1 is 1.22 bits per heavy atom. The first-order valence-corrected chi connectivity index (χ1v) is 6.04. The maximum absolute atomic E-state index is 13.9. The predicted octanol–water partition coefficient (Wildman–Crippen LogP) is 3.87. The van der Waals surface area contributed by atoms with Crippen molar-refractivity contribution in [2.24, 2.45) is 0 Å². The molecule has 3 nitrogen and oxygen atoms in total. The van der Waals surface area contributed by atoms with E-state index in [2.05, 4.69) is 29.1 Å². The zero-order chi connectivity index (χ0) is 13.0. The van der Waals surface area contributed by atoms with Crippen LogP contribution in [0.15, 0.2) is 36.7 Å². The van der Waals surface area contributed by atoms with Crippen molar-refractivity contribution in [1.29, 1.82) is 0 Å². The summed E-state index contributed by atoms with van der Waals surface area (Å²) in [6, 6.07) is 6.83. The predicted molar refractivity (Wildman–Crippen MR) is 70.4 cm³/mol. The molecule has 1 unspecified atom stereocenters. The summed E-state index contributed by atoms with van der Waals surface area (Å²) in [6.45, 7) is 4.16. The molecule has 0 radical (unpaired) electrons. The lowest BCUT2D eigenvalue weighted by molar-refractivity contribution is 0.624. The Balaban J connectivity index is 2.37. The quantitative estimate of drug-likeness (QED) is 0.888. The van der Waals surface area contributed by atoms with E-state index in [0.29, 0.717) is 11.6 Å². The topological polar surface area (TPSA) is 37.8 Å². The number of hydrogen-bond donors (Lipinski definition) is 1. The van der Waals surface area contributed by atoms with Gasteiger partial charge in [0.15, 0.2) is 0 Å². The van der Waals surface area contributed by atoms with Crippen molar-refractivity contribution in [3.63, 3.8) is 0 Å². The van der Waals surface area contributed by atoms with Gasteiger partial charge in [0, 0.05) is 12.4 Å². The van der Waals surface area contributed by atoms with Crippen LogP contribution in [0.4, 0.5) is 16.0 Å². The van der Waals surface area contributed by atoms with Crippen molar-refractivity contribution in [1.82, 2.24) is 9.97 Å². The fourth-order valence-electron chi connectivity index (χ4n) is 1.78. The van der Waals surface area contributed by atoms with Gasteiger partial charge in [0.1, 0.15) is 5.82 Å². The smallest absolute Gasteiger partial charge is 0.227 e. The second-order valence-electron chi connectivity index (χ2n) is 4.21. The Bertz CT molecular complexity index is 514. The molecule has 0 saturated carbocycles. The van der Waals surface area contributed by atoms with Crippen molar-refractivity contribution in [2.75, 3.05) is 5.32 Å². The van der Waals surface area contributed by atoms with E-state index in [1.807, 2.05) is 6.07 Å². The molecule has 2 rings (SSSR count). The van der Waals surface area contributed by atoms with Crippen LogP contribution >= 0.6 is 0 Å². The van der Waals surface area contributed by atoms with Crippen LogP contribution < -0.4 is 5.32 Å². The zero-order valence-corrected chi connectivity index (χ0v) is 10.5. The van der Waals surface area contributed by atoms with E-state index in [9.17, 15) is 4.39 Å². The second kappa shape index (κ2) is 5.58. The van der Waals surface area contributed by atoms with Crippen molar-refractivity contribution in [3.8, 4) is 0 Å². The second-order valence-corrected chi connectivity index (χ2v) is 4.21. The molecule has 4 heteroatoms. The summed E-state index contributed by atoms with van der Waals surface area (Å²) in [5.41, 5.74) is 1.42. The van der Waals surface area contributed by atoms with Crippen molar-refractivity contribution < 1.29 is 4.39 Å². The molecule has 1 N–H and O–H groups in total.